The monoisotopic (exact) mass is 487 g/mol. The van der Waals surface area contributed by atoms with Crippen molar-refractivity contribution in [2.75, 3.05) is 7.11 Å². The number of para-hydroxylation sites is 1. The lowest BCUT2D eigenvalue weighted by Gasteiger charge is -2.29. The van der Waals surface area contributed by atoms with E-state index in [1.54, 1.807) is 28.8 Å². The second-order valence-electron chi connectivity index (χ2n) is 8.78. The molecule has 1 unspecified atom stereocenters. The number of hydrogen-bond acceptors (Lipinski definition) is 4. The van der Waals surface area contributed by atoms with Crippen LogP contribution < -0.4 is 10.2 Å². The van der Waals surface area contributed by atoms with Gasteiger partial charge in [-0.25, -0.2) is 9.18 Å². The molecule has 3 aromatic rings. The first-order valence-corrected chi connectivity index (χ1v) is 11.8. The number of carboxylic acids is 1. The van der Waals surface area contributed by atoms with E-state index in [0.717, 1.165) is 32.1 Å². The maximum Gasteiger partial charge on any atom is 0.341 e. The molecule has 0 spiro atoms. The van der Waals surface area contributed by atoms with Gasteiger partial charge < -0.3 is 19.5 Å². The Morgan fingerprint density at radius 1 is 1.21 bits per heavy atom. The smallest absolute Gasteiger partial charge is 0.341 e. The van der Waals surface area contributed by atoms with Gasteiger partial charge in [0, 0.05) is 18.7 Å². The van der Waals surface area contributed by atoms with Crippen molar-refractivity contribution in [2.24, 2.45) is 5.92 Å². The van der Waals surface area contributed by atoms with Crippen LogP contribution in [-0.2, 0) is 13.0 Å². The number of nitrogens with zero attached hydrogens (tertiary/aromatic N) is 1. The molecule has 4 rings (SSSR count). The third-order valence-corrected chi connectivity index (χ3v) is 7.03. The Bertz CT molecular complexity index is 1280. The molecule has 2 aromatic carbocycles. The van der Waals surface area contributed by atoms with Crippen molar-refractivity contribution in [1.82, 2.24) is 4.57 Å². The summed E-state index contributed by atoms with van der Waals surface area (Å²) in [7, 11) is 1.46. The Morgan fingerprint density at radius 2 is 1.91 bits per heavy atom. The molecule has 0 saturated heterocycles. The van der Waals surface area contributed by atoms with E-state index in [1.807, 2.05) is 0 Å². The zero-order valence-corrected chi connectivity index (χ0v) is 19.6. The van der Waals surface area contributed by atoms with Gasteiger partial charge in [-0.1, -0.05) is 49.1 Å². The first-order valence-electron chi connectivity index (χ1n) is 11.4. The summed E-state index contributed by atoms with van der Waals surface area (Å²) in [4.78, 5) is 25.6. The highest BCUT2D eigenvalue weighted by Crippen LogP contribution is 2.32. The molecule has 1 fully saturated rings. The standard InChI is InChI=1S/C26H27ClFNO5/c1-34-21-12-6-10-17-24(21)29(14-20(30)15-7-3-2-4-8-15)19(22(25(17)31)26(32)33)13-16-9-5-11-18(27)23(16)28/h5-6,9-12,15,20,30H,2-4,7-8,13-14H2,1H3,(H,32,33). The molecule has 1 aliphatic rings. The molecule has 1 atom stereocenters. The summed E-state index contributed by atoms with van der Waals surface area (Å²) >= 11 is 5.96. The largest absolute Gasteiger partial charge is 0.495 e. The summed E-state index contributed by atoms with van der Waals surface area (Å²) in [6.07, 6.45) is 3.98. The van der Waals surface area contributed by atoms with E-state index in [1.165, 1.54) is 19.2 Å². The van der Waals surface area contributed by atoms with Crippen molar-refractivity contribution < 1.29 is 24.1 Å². The summed E-state index contributed by atoms with van der Waals surface area (Å²) in [5.74, 6) is -1.65. The quantitative estimate of drug-likeness (QED) is 0.487. The van der Waals surface area contributed by atoms with Gasteiger partial charge in [-0.05, 0) is 42.5 Å². The Hall–Kier alpha value is -2.90. The van der Waals surface area contributed by atoms with Gasteiger partial charge in [0.1, 0.15) is 17.1 Å². The fourth-order valence-corrected chi connectivity index (χ4v) is 5.20. The highest BCUT2D eigenvalue weighted by atomic mass is 35.5. The van der Waals surface area contributed by atoms with E-state index < -0.39 is 28.9 Å². The first kappa shape index (κ1) is 24.2. The predicted octanol–water partition coefficient (Wildman–Crippen LogP) is 5.03. The van der Waals surface area contributed by atoms with Crippen molar-refractivity contribution in [1.29, 1.82) is 0 Å². The number of aromatic nitrogens is 1. The second kappa shape index (κ2) is 10.2. The maximum atomic E-state index is 14.8. The topological polar surface area (TPSA) is 88.8 Å². The van der Waals surface area contributed by atoms with Gasteiger partial charge >= 0.3 is 5.97 Å². The third kappa shape index (κ3) is 4.55. The van der Waals surface area contributed by atoms with Crippen LogP contribution in [0.15, 0.2) is 41.2 Å². The van der Waals surface area contributed by atoms with Crippen molar-refractivity contribution in [3.8, 4) is 5.75 Å². The molecule has 0 radical (unpaired) electrons. The molecule has 34 heavy (non-hydrogen) atoms. The zero-order valence-electron chi connectivity index (χ0n) is 18.9. The SMILES string of the molecule is COc1cccc2c(=O)c(C(=O)O)c(Cc3cccc(Cl)c3F)n(CC(O)C3CCCCC3)c12. The number of aliphatic hydroxyl groups excluding tert-OH is 1. The van der Waals surface area contributed by atoms with Gasteiger partial charge in [0.2, 0.25) is 5.43 Å². The van der Waals surface area contributed by atoms with Crippen molar-refractivity contribution in [3.63, 3.8) is 0 Å². The lowest BCUT2D eigenvalue weighted by molar-refractivity contribution is 0.0667. The second-order valence-corrected chi connectivity index (χ2v) is 9.19. The number of pyridine rings is 1. The third-order valence-electron chi connectivity index (χ3n) is 6.74. The van der Waals surface area contributed by atoms with Gasteiger partial charge in [-0.3, -0.25) is 4.79 Å². The van der Waals surface area contributed by atoms with Crippen LogP contribution in [0.5, 0.6) is 5.75 Å². The van der Waals surface area contributed by atoms with E-state index in [9.17, 15) is 24.2 Å². The van der Waals surface area contributed by atoms with Gasteiger partial charge in [0.05, 0.1) is 29.1 Å². The van der Waals surface area contributed by atoms with Gasteiger partial charge in [-0.2, -0.15) is 0 Å². The van der Waals surface area contributed by atoms with Crippen molar-refractivity contribution in [3.05, 3.63) is 74.3 Å². The fourth-order valence-electron chi connectivity index (χ4n) is 5.01. The van der Waals surface area contributed by atoms with E-state index in [2.05, 4.69) is 0 Å². The van der Waals surface area contributed by atoms with Crippen LogP contribution in [0.2, 0.25) is 5.02 Å². The number of benzene rings is 2. The molecule has 0 amide bonds. The summed E-state index contributed by atoms with van der Waals surface area (Å²) in [5, 5.41) is 21.2. The molecule has 0 bridgehead atoms. The lowest BCUT2D eigenvalue weighted by atomic mass is 9.85. The number of rotatable bonds is 7. The molecule has 8 heteroatoms. The van der Waals surface area contributed by atoms with Crippen LogP contribution in [0.3, 0.4) is 0 Å². The number of ether oxygens (including phenoxy) is 1. The summed E-state index contributed by atoms with van der Waals surface area (Å²) in [6, 6.07) is 9.32. The number of hydrogen-bond donors (Lipinski definition) is 2. The molecule has 1 aliphatic carbocycles. The van der Waals surface area contributed by atoms with Crippen LogP contribution in [0.4, 0.5) is 4.39 Å². The first-order chi connectivity index (χ1) is 16.3. The normalized spacial score (nSPS) is 15.4. The minimum absolute atomic E-state index is 0.0552. The van der Waals surface area contributed by atoms with Crippen LogP contribution in [0, 0.1) is 11.7 Å². The number of aromatic carboxylic acids is 1. The Morgan fingerprint density at radius 3 is 2.59 bits per heavy atom. The molecule has 1 aromatic heterocycles. The van der Waals surface area contributed by atoms with Gasteiger partial charge in [-0.15, -0.1) is 0 Å². The molecular weight excluding hydrogens is 461 g/mol. The average Bonchev–Trinajstić information content (AvgIpc) is 2.84. The average molecular weight is 488 g/mol. The lowest BCUT2D eigenvalue weighted by Crippen LogP contribution is -2.32. The van der Waals surface area contributed by atoms with Crippen molar-refractivity contribution in [2.45, 2.75) is 51.2 Å². The summed E-state index contributed by atoms with van der Waals surface area (Å²) in [6.45, 7) is 0.0552. The number of methoxy groups -OCH3 is 1. The molecular formula is C26H27ClFNO5. The molecule has 180 valence electrons. The van der Waals surface area contributed by atoms with Gasteiger partial charge in [0.25, 0.3) is 0 Å². The Kier molecular flexibility index (Phi) is 7.24. The summed E-state index contributed by atoms with van der Waals surface area (Å²) in [5.41, 5.74) is -0.486. The molecule has 0 aliphatic heterocycles. The number of aliphatic hydroxyl groups is 1. The number of halogens is 2. The van der Waals surface area contributed by atoms with Crippen LogP contribution in [0.25, 0.3) is 10.9 Å². The van der Waals surface area contributed by atoms with E-state index >= 15 is 0 Å². The van der Waals surface area contributed by atoms with Crippen LogP contribution in [-0.4, -0.2) is 34.0 Å². The molecule has 1 heterocycles. The highest BCUT2D eigenvalue weighted by Gasteiger charge is 2.28. The molecule has 2 N–H and O–H groups in total. The minimum Gasteiger partial charge on any atom is -0.495 e. The highest BCUT2D eigenvalue weighted by molar-refractivity contribution is 6.30. The number of carbonyl (C=O) groups is 1. The molecule has 6 nitrogen and oxygen atoms in total. The molecule has 1 saturated carbocycles. The number of fused-ring (bicyclic) bond motifs is 1. The number of carboxylic acid groups (broad SMARTS) is 1. The Balaban J connectivity index is 1.98. The van der Waals surface area contributed by atoms with Crippen LogP contribution >= 0.6 is 11.6 Å². The van der Waals surface area contributed by atoms with Crippen LogP contribution in [0.1, 0.15) is 53.7 Å². The van der Waals surface area contributed by atoms with Gasteiger partial charge in [0.15, 0.2) is 0 Å². The summed E-state index contributed by atoms with van der Waals surface area (Å²) < 4.78 is 22.0. The van der Waals surface area contributed by atoms with E-state index in [-0.39, 0.29) is 40.5 Å². The van der Waals surface area contributed by atoms with E-state index in [4.69, 9.17) is 16.3 Å². The van der Waals surface area contributed by atoms with Crippen molar-refractivity contribution >= 4 is 28.5 Å². The minimum atomic E-state index is -1.41. The zero-order chi connectivity index (χ0) is 24.4. The Labute approximate surface area is 201 Å². The fraction of sp³-hybridized carbons (Fsp3) is 0.385. The predicted molar refractivity (Wildman–Crippen MR) is 129 cm³/mol. The van der Waals surface area contributed by atoms with E-state index in [0.29, 0.717) is 11.3 Å². The maximum absolute atomic E-state index is 14.8.